The lowest BCUT2D eigenvalue weighted by Crippen LogP contribution is -2.28. The standard InChI is InChI=1S/C14H20N2/c1-6-12(10(3)4)14-13(15-7-2)9-8-11(5)16-14/h6-7,10,16H,1-2,5,8-9H2,3-4H3/b14-12-,15-13-. The van der Waals surface area contributed by atoms with Gasteiger partial charge in [0.1, 0.15) is 0 Å². The maximum Gasteiger partial charge on any atom is 0.0644 e. The zero-order chi connectivity index (χ0) is 12.1. The molecule has 1 fully saturated rings. The summed E-state index contributed by atoms with van der Waals surface area (Å²) in [5, 5.41) is 3.32. The van der Waals surface area contributed by atoms with E-state index in [4.69, 9.17) is 0 Å². The van der Waals surface area contributed by atoms with Crippen LogP contribution in [0.15, 0.2) is 54.0 Å². The minimum atomic E-state index is 0.418. The molecule has 1 N–H and O–H groups in total. The van der Waals surface area contributed by atoms with E-state index in [0.29, 0.717) is 5.92 Å². The molecule has 2 nitrogen and oxygen atoms in total. The summed E-state index contributed by atoms with van der Waals surface area (Å²) in [5.41, 5.74) is 4.33. The smallest absolute Gasteiger partial charge is 0.0644 e. The van der Waals surface area contributed by atoms with Crippen molar-refractivity contribution in [3.05, 3.63) is 49.0 Å². The summed E-state index contributed by atoms with van der Waals surface area (Å²) in [6.07, 6.45) is 5.33. The molecule has 0 aromatic heterocycles. The Bertz CT molecular complexity index is 370. The lowest BCUT2D eigenvalue weighted by molar-refractivity contribution is 0.752. The van der Waals surface area contributed by atoms with Gasteiger partial charge in [-0.1, -0.05) is 39.7 Å². The summed E-state index contributed by atoms with van der Waals surface area (Å²) in [6, 6.07) is 0. The van der Waals surface area contributed by atoms with Gasteiger partial charge in [0.15, 0.2) is 0 Å². The van der Waals surface area contributed by atoms with Crippen LogP contribution >= 0.6 is 0 Å². The Hall–Kier alpha value is -1.57. The van der Waals surface area contributed by atoms with Crippen LogP contribution in [-0.2, 0) is 0 Å². The van der Waals surface area contributed by atoms with Crippen molar-refractivity contribution in [2.45, 2.75) is 26.7 Å². The highest BCUT2D eigenvalue weighted by atomic mass is 14.9. The number of allylic oxidation sites excluding steroid dienone is 4. The average Bonchev–Trinajstić information content (AvgIpc) is 2.22. The van der Waals surface area contributed by atoms with E-state index < -0.39 is 0 Å². The second-order valence-corrected chi connectivity index (χ2v) is 4.18. The van der Waals surface area contributed by atoms with Crippen molar-refractivity contribution in [3.63, 3.8) is 0 Å². The maximum atomic E-state index is 4.32. The van der Waals surface area contributed by atoms with Crippen molar-refractivity contribution in [3.8, 4) is 0 Å². The zero-order valence-electron chi connectivity index (χ0n) is 10.2. The zero-order valence-corrected chi connectivity index (χ0v) is 10.2. The van der Waals surface area contributed by atoms with Gasteiger partial charge < -0.3 is 5.32 Å². The van der Waals surface area contributed by atoms with Crippen molar-refractivity contribution in [2.24, 2.45) is 10.9 Å². The number of hydrogen-bond donors (Lipinski definition) is 1. The summed E-state index contributed by atoms with van der Waals surface area (Å²) in [5.74, 6) is 0.418. The predicted molar refractivity (Wildman–Crippen MR) is 71.2 cm³/mol. The van der Waals surface area contributed by atoms with E-state index in [1.807, 2.05) is 6.08 Å². The molecule has 86 valence electrons. The molecule has 0 spiro atoms. The summed E-state index contributed by atoms with van der Waals surface area (Å²) in [4.78, 5) is 4.32. The van der Waals surface area contributed by atoms with E-state index in [1.54, 1.807) is 6.20 Å². The van der Waals surface area contributed by atoms with Gasteiger partial charge in [-0.25, -0.2) is 0 Å². The molecule has 16 heavy (non-hydrogen) atoms. The first kappa shape index (κ1) is 12.5. The fourth-order valence-corrected chi connectivity index (χ4v) is 1.81. The van der Waals surface area contributed by atoms with Crippen molar-refractivity contribution in [1.82, 2.24) is 5.32 Å². The van der Waals surface area contributed by atoms with E-state index in [1.165, 1.54) is 5.57 Å². The Morgan fingerprint density at radius 2 is 2.06 bits per heavy atom. The number of nitrogens with one attached hydrogen (secondary N) is 1. The number of nitrogens with zero attached hydrogens (tertiary/aromatic N) is 1. The van der Waals surface area contributed by atoms with Crippen molar-refractivity contribution in [2.75, 3.05) is 0 Å². The molecule has 0 atom stereocenters. The van der Waals surface area contributed by atoms with Gasteiger partial charge in [-0.3, -0.25) is 4.99 Å². The fourth-order valence-electron chi connectivity index (χ4n) is 1.81. The molecule has 0 saturated carbocycles. The van der Waals surface area contributed by atoms with Crippen LogP contribution in [-0.4, -0.2) is 5.71 Å². The quantitative estimate of drug-likeness (QED) is 0.766. The van der Waals surface area contributed by atoms with Gasteiger partial charge in [-0.15, -0.1) is 0 Å². The highest BCUT2D eigenvalue weighted by molar-refractivity contribution is 6.02. The van der Waals surface area contributed by atoms with Crippen LogP contribution in [0.4, 0.5) is 0 Å². The number of rotatable bonds is 3. The lowest BCUT2D eigenvalue weighted by atomic mass is 9.94. The first-order valence-electron chi connectivity index (χ1n) is 5.59. The van der Waals surface area contributed by atoms with Gasteiger partial charge in [0.25, 0.3) is 0 Å². The van der Waals surface area contributed by atoms with Gasteiger partial charge in [-0.05, 0) is 24.3 Å². The highest BCUT2D eigenvalue weighted by Crippen LogP contribution is 2.23. The number of aliphatic imine (C=N–C) groups is 1. The van der Waals surface area contributed by atoms with E-state index >= 15 is 0 Å². The molecule has 1 aliphatic heterocycles. The molecule has 1 rings (SSSR count). The molecule has 1 saturated heterocycles. The molecular formula is C14H20N2. The van der Waals surface area contributed by atoms with Gasteiger partial charge in [0.05, 0.1) is 11.4 Å². The summed E-state index contributed by atoms with van der Waals surface area (Å²) in [7, 11) is 0. The number of piperidine rings is 1. The van der Waals surface area contributed by atoms with Crippen LogP contribution in [0.25, 0.3) is 0 Å². The van der Waals surface area contributed by atoms with Crippen LogP contribution < -0.4 is 5.32 Å². The van der Waals surface area contributed by atoms with E-state index in [9.17, 15) is 0 Å². The summed E-state index contributed by atoms with van der Waals surface area (Å²) in [6.45, 7) is 15.8. The Kier molecular flexibility index (Phi) is 4.29. The predicted octanol–water partition coefficient (Wildman–Crippen LogP) is 3.56. The molecule has 1 aliphatic rings. The molecule has 0 aliphatic carbocycles. The third kappa shape index (κ3) is 2.72. The van der Waals surface area contributed by atoms with Crippen LogP contribution in [0.2, 0.25) is 0 Å². The molecule has 0 aromatic carbocycles. The molecule has 0 aromatic rings. The monoisotopic (exact) mass is 216 g/mol. The first-order chi connectivity index (χ1) is 7.60. The Balaban J connectivity index is 3.21. The van der Waals surface area contributed by atoms with E-state index in [-0.39, 0.29) is 0 Å². The van der Waals surface area contributed by atoms with Crippen LogP contribution in [0.5, 0.6) is 0 Å². The molecule has 1 heterocycles. The fraction of sp³-hybridized carbons (Fsp3) is 0.357. The normalized spacial score (nSPS) is 21.9. The highest BCUT2D eigenvalue weighted by Gasteiger charge is 2.19. The van der Waals surface area contributed by atoms with E-state index in [2.05, 4.69) is 43.9 Å². The van der Waals surface area contributed by atoms with E-state index in [0.717, 1.165) is 29.9 Å². The summed E-state index contributed by atoms with van der Waals surface area (Å²) < 4.78 is 0. The van der Waals surface area contributed by atoms with Crippen LogP contribution in [0.1, 0.15) is 26.7 Å². The third-order valence-corrected chi connectivity index (χ3v) is 2.63. The van der Waals surface area contributed by atoms with Crippen LogP contribution in [0.3, 0.4) is 0 Å². The largest absolute Gasteiger partial charge is 0.358 e. The Morgan fingerprint density at radius 1 is 1.38 bits per heavy atom. The van der Waals surface area contributed by atoms with Crippen molar-refractivity contribution < 1.29 is 0 Å². The van der Waals surface area contributed by atoms with Gasteiger partial charge in [0.2, 0.25) is 0 Å². The first-order valence-corrected chi connectivity index (χ1v) is 5.59. The molecule has 0 radical (unpaired) electrons. The molecule has 0 unspecified atom stereocenters. The molecule has 0 amide bonds. The summed E-state index contributed by atoms with van der Waals surface area (Å²) >= 11 is 0. The minimum Gasteiger partial charge on any atom is -0.358 e. The van der Waals surface area contributed by atoms with Crippen LogP contribution in [0, 0.1) is 5.92 Å². The Labute approximate surface area is 98.2 Å². The second kappa shape index (κ2) is 5.50. The van der Waals surface area contributed by atoms with Gasteiger partial charge >= 0.3 is 0 Å². The molecular weight excluding hydrogens is 196 g/mol. The third-order valence-electron chi connectivity index (χ3n) is 2.63. The average molecular weight is 216 g/mol. The van der Waals surface area contributed by atoms with Crippen molar-refractivity contribution >= 4 is 5.71 Å². The SMILES string of the molecule is C=C/N=C1/CCC(=C)N/C1=C(/C=C)C(C)C. The van der Waals surface area contributed by atoms with Gasteiger partial charge in [0, 0.05) is 11.9 Å². The second-order valence-electron chi connectivity index (χ2n) is 4.18. The maximum absolute atomic E-state index is 4.32. The lowest BCUT2D eigenvalue weighted by Gasteiger charge is -2.25. The number of hydrogen-bond acceptors (Lipinski definition) is 2. The van der Waals surface area contributed by atoms with Crippen molar-refractivity contribution in [1.29, 1.82) is 0 Å². The molecule has 2 heteroatoms. The van der Waals surface area contributed by atoms with Gasteiger partial charge in [-0.2, -0.15) is 0 Å². The topological polar surface area (TPSA) is 24.4 Å². The Morgan fingerprint density at radius 3 is 2.56 bits per heavy atom. The molecule has 0 bridgehead atoms. The minimum absolute atomic E-state index is 0.418.